The van der Waals surface area contributed by atoms with Gasteiger partial charge in [-0.15, -0.1) is 0 Å². The third-order valence-corrected chi connectivity index (χ3v) is 4.35. The molecule has 3 rings (SSSR count). The number of nitrogens with zero attached hydrogens (tertiary/aromatic N) is 2. The van der Waals surface area contributed by atoms with Gasteiger partial charge in [0, 0.05) is 22.8 Å². The van der Waals surface area contributed by atoms with Gasteiger partial charge in [0.05, 0.1) is 27.2 Å². The molecule has 0 unspecified atom stereocenters. The van der Waals surface area contributed by atoms with E-state index in [4.69, 9.17) is 27.9 Å². The van der Waals surface area contributed by atoms with Gasteiger partial charge < -0.3 is 20.0 Å². The van der Waals surface area contributed by atoms with Crippen molar-refractivity contribution in [1.29, 1.82) is 0 Å². The first kappa shape index (κ1) is 24.2. The van der Waals surface area contributed by atoms with E-state index in [1.807, 2.05) is 0 Å². The van der Waals surface area contributed by atoms with Crippen LogP contribution in [0.4, 0.5) is 11.4 Å². The summed E-state index contributed by atoms with van der Waals surface area (Å²) in [6.45, 7) is 0. The number of carbonyl (C=O) groups excluding carboxylic acids is 2. The summed E-state index contributed by atoms with van der Waals surface area (Å²) in [4.78, 5) is 38.1. The predicted molar refractivity (Wildman–Crippen MR) is 106 cm³/mol. The molecule has 1 amide bonds. The molecule has 0 spiro atoms. The van der Waals surface area contributed by atoms with Gasteiger partial charge in [-0.05, 0) is 42.5 Å². The van der Waals surface area contributed by atoms with Crippen LogP contribution in [0.15, 0.2) is 54.7 Å². The predicted octanol–water partition coefficient (Wildman–Crippen LogP) is 0.709. The first-order valence-electron chi connectivity index (χ1n) is 8.15. The Morgan fingerprint density at radius 3 is 2.45 bits per heavy atom. The molecule has 0 atom stereocenters. The quantitative estimate of drug-likeness (QED) is 0.329. The Labute approximate surface area is 197 Å². The third kappa shape index (κ3) is 5.74. The third-order valence-electron chi connectivity index (χ3n) is 3.80. The molecule has 0 radical (unpaired) electrons. The van der Waals surface area contributed by atoms with E-state index >= 15 is 0 Å². The van der Waals surface area contributed by atoms with Gasteiger partial charge in [-0.25, -0.2) is 4.98 Å². The van der Waals surface area contributed by atoms with Crippen LogP contribution in [-0.2, 0) is 0 Å². The van der Waals surface area contributed by atoms with Gasteiger partial charge in [-0.3, -0.25) is 14.9 Å². The van der Waals surface area contributed by atoms with Crippen LogP contribution in [0.25, 0.3) is 0 Å². The Hall–Kier alpha value is -3.09. The number of ether oxygens (including phenoxy) is 1. The average Bonchev–Trinajstić information content (AvgIpc) is 2.69. The molecule has 0 aliphatic heterocycles. The van der Waals surface area contributed by atoms with E-state index in [0.717, 1.165) is 6.07 Å². The number of hydrogen-bond donors (Lipinski definition) is 1. The largest absolute Gasteiger partial charge is 1.00 e. The number of halogens is 2. The maximum absolute atomic E-state index is 12.4. The Morgan fingerprint density at radius 1 is 1.06 bits per heavy atom. The van der Waals surface area contributed by atoms with Crippen molar-refractivity contribution >= 4 is 46.5 Å². The second kappa shape index (κ2) is 10.3. The number of rotatable bonds is 6. The molecule has 0 saturated heterocycles. The second-order valence-corrected chi connectivity index (χ2v) is 6.60. The van der Waals surface area contributed by atoms with E-state index in [9.17, 15) is 24.8 Å². The number of hydrogen-bond acceptors (Lipinski definition) is 7. The van der Waals surface area contributed by atoms with Gasteiger partial charge in [0.1, 0.15) is 5.75 Å². The fraction of sp³-hybridized carbons (Fsp3) is 0. The van der Waals surface area contributed by atoms with Crippen molar-refractivity contribution < 1.29 is 43.2 Å². The molecular formula is C19H10Cl2LiN3O6. The zero-order valence-corrected chi connectivity index (χ0v) is 17.3. The van der Waals surface area contributed by atoms with Crippen LogP contribution in [0.2, 0.25) is 10.0 Å². The van der Waals surface area contributed by atoms with Gasteiger partial charge in [0.15, 0.2) is 0 Å². The van der Waals surface area contributed by atoms with Gasteiger partial charge in [0.25, 0.3) is 11.8 Å². The molecule has 1 N–H and O–H groups in total. The van der Waals surface area contributed by atoms with Crippen molar-refractivity contribution in [3.63, 3.8) is 0 Å². The molecule has 2 aromatic carbocycles. The summed E-state index contributed by atoms with van der Waals surface area (Å²) >= 11 is 11.8. The number of carboxylic acids is 1. The molecule has 1 heterocycles. The molecule has 1 aromatic heterocycles. The maximum Gasteiger partial charge on any atom is 1.00 e. The van der Waals surface area contributed by atoms with E-state index in [1.54, 1.807) is 0 Å². The molecule has 9 nitrogen and oxygen atoms in total. The average molecular weight is 454 g/mol. The molecule has 0 aliphatic rings. The summed E-state index contributed by atoms with van der Waals surface area (Å²) in [5, 5.41) is 25.4. The standard InChI is InChI=1S/C19H11Cl2N3O6.Li/c20-10-3-5-12(14(21)8-10)17(25)23-15-6-4-11(9-13(15)19(26)27)30-18-16(24(28)29)2-1-7-22-18;/h1-9H,(H,23,25)(H,26,27);/q;+1/p-1. The van der Waals surface area contributed by atoms with Gasteiger partial charge >= 0.3 is 24.5 Å². The van der Waals surface area contributed by atoms with Crippen molar-refractivity contribution in [2.45, 2.75) is 0 Å². The zero-order chi connectivity index (χ0) is 21.8. The zero-order valence-electron chi connectivity index (χ0n) is 15.8. The molecule has 0 saturated carbocycles. The number of amides is 1. The monoisotopic (exact) mass is 453 g/mol. The molecule has 12 heteroatoms. The van der Waals surface area contributed by atoms with Crippen LogP contribution < -0.4 is 34.0 Å². The number of carbonyl (C=O) groups is 2. The van der Waals surface area contributed by atoms with E-state index < -0.39 is 28.1 Å². The molecule has 152 valence electrons. The first-order chi connectivity index (χ1) is 14.3. The maximum atomic E-state index is 12.4. The van der Waals surface area contributed by atoms with Crippen LogP contribution in [0, 0.1) is 10.1 Å². The number of carboxylic acid groups (broad SMARTS) is 1. The summed E-state index contributed by atoms with van der Waals surface area (Å²) in [5.74, 6) is -2.66. The molecule has 0 fully saturated rings. The Morgan fingerprint density at radius 2 is 1.81 bits per heavy atom. The topological polar surface area (TPSA) is 134 Å². The summed E-state index contributed by atoms with van der Waals surface area (Å²) < 4.78 is 5.35. The van der Waals surface area contributed by atoms with Crippen LogP contribution in [-0.4, -0.2) is 21.8 Å². The molecule has 3 aromatic rings. The van der Waals surface area contributed by atoms with E-state index in [-0.39, 0.29) is 46.8 Å². The molecule has 0 bridgehead atoms. The van der Waals surface area contributed by atoms with Gasteiger partial charge in [-0.2, -0.15) is 0 Å². The van der Waals surface area contributed by atoms with E-state index in [2.05, 4.69) is 10.3 Å². The van der Waals surface area contributed by atoms with E-state index in [0.29, 0.717) is 5.02 Å². The van der Waals surface area contributed by atoms with Crippen molar-refractivity contribution in [1.82, 2.24) is 4.98 Å². The molecular weight excluding hydrogens is 444 g/mol. The Balaban J connectivity index is 0.00000341. The van der Waals surface area contributed by atoms with Crippen molar-refractivity contribution in [3.8, 4) is 11.6 Å². The summed E-state index contributed by atoms with van der Waals surface area (Å²) in [6, 6.07) is 10.4. The number of aromatic nitrogens is 1. The van der Waals surface area contributed by atoms with Crippen LogP contribution in [0.5, 0.6) is 11.6 Å². The Kier molecular flexibility index (Phi) is 8.02. The number of nitrogens with one attached hydrogen (secondary N) is 1. The van der Waals surface area contributed by atoms with Crippen LogP contribution in [0.1, 0.15) is 20.7 Å². The number of anilines is 1. The number of aromatic carboxylic acids is 1. The summed E-state index contributed by atoms with van der Waals surface area (Å²) in [5.41, 5.74) is -0.824. The molecule has 0 aliphatic carbocycles. The number of benzene rings is 2. The SMILES string of the molecule is O=C(Nc1ccc(Oc2ncccc2[N+](=O)[O-])cc1C(=O)[O-])c1ccc(Cl)cc1Cl.[Li+]. The summed E-state index contributed by atoms with van der Waals surface area (Å²) in [7, 11) is 0. The molecule has 31 heavy (non-hydrogen) atoms. The first-order valence-corrected chi connectivity index (χ1v) is 8.91. The van der Waals surface area contributed by atoms with Crippen molar-refractivity contribution in [3.05, 3.63) is 86.0 Å². The van der Waals surface area contributed by atoms with E-state index in [1.165, 1.54) is 48.7 Å². The minimum Gasteiger partial charge on any atom is -0.545 e. The second-order valence-electron chi connectivity index (χ2n) is 5.76. The normalized spacial score (nSPS) is 10.0. The van der Waals surface area contributed by atoms with Crippen molar-refractivity contribution in [2.24, 2.45) is 0 Å². The Bertz CT molecular complexity index is 1180. The smallest absolute Gasteiger partial charge is 0.545 e. The fourth-order valence-corrected chi connectivity index (χ4v) is 2.93. The van der Waals surface area contributed by atoms with Gasteiger partial charge in [0.2, 0.25) is 0 Å². The summed E-state index contributed by atoms with van der Waals surface area (Å²) in [6.07, 6.45) is 1.28. The van der Waals surface area contributed by atoms with Gasteiger partial charge in [-0.1, -0.05) is 23.2 Å². The number of nitro groups is 1. The van der Waals surface area contributed by atoms with Crippen molar-refractivity contribution in [2.75, 3.05) is 5.32 Å². The minimum atomic E-state index is -1.60. The fourth-order valence-electron chi connectivity index (χ4n) is 2.44. The van der Waals surface area contributed by atoms with Crippen LogP contribution in [0.3, 0.4) is 0 Å². The number of pyridine rings is 1. The minimum absolute atomic E-state index is 0. The van der Waals surface area contributed by atoms with Crippen LogP contribution >= 0.6 is 23.2 Å².